The van der Waals surface area contributed by atoms with Crippen LogP contribution in [0.4, 0.5) is 11.4 Å². The molecule has 2 fully saturated rings. The molecule has 10 aromatic carbocycles. The zero-order valence-electron chi connectivity index (χ0n) is 38.0. The van der Waals surface area contributed by atoms with Gasteiger partial charge >= 0.3 is 0 Å². The third-order valence-corrected chi connectivity index (χ3v) is 15.8. The molecule has 0 amide bonds. The zero-order valence-corrected chi connectivity index (χ0v) is 38.0. The summed E-state index contributed by atoms with van der Waals surface area (Å²) in [6.45, 7) is 0. The molecular formula is C66H50N2. The van der Waals surface area contributed by atoms with Gasteiger partial charge in [0, 0.05) is 39.0 Å². The van der Waals surface area contributed by atoms with E-state index in [1.54, 1.807) is 0 Å². The van der Waals surface area contributed by atoms with E-state index in [1.807, 2.05) is 0 Å². The molecule has 0 saturated heterocycles. The number of allylic oxidation sites excluding steroid dienone is 2. The fraction of sp³-hybridized carbons (Fsp3) is 0.121. The molecule has 0 aliphatic heterocycles. The minimum Gasteiger partial charge on any atom is -0.332 e. The molecule has 11 aromatic rings. The minimum absolute atomic E-state index is 0.0448. The molecule has 1 heterocycles. The van der Waals surface area contributed by atoms with Gasteiger partial charge in [0.2, 0.25) is 0 Å². The molecule has 14 rings (SSSR count). The monoisotopic (exact) mass is 870 g/mol. The molecule has 2 nitrogen and oxygen atoms in total. The predicted molar refractivity (Wildman–Crippen MR) is 288 cm³/mol. The lowest BCUT2D eigenvalue weighted by Gasteiger charge is -2.32. The average Bonchev–Trinajstić information content (AvgIpc) is 3.64. The third kappa shape index (κ3) is 5.90. The van der Waals surface area contributed by atoms with E-state index in [2.05, 4.69) is 240 Å². The highest BCUT2D eigenvalue weighted by Gasteiger charge is 2.64. The minimum atomic E-state index is -0.318. The fourth-order valence-corrected chi connectivity index (χ4v) is 12.8. The Bertz CT molecular complexity index is 3860. The first-order chi connectivity index (χ1) is 33.8. The first-order valence-corrected chi connectivity index (χ1v) is 24.7. The van der Waals surface area contributed by atoms with Crippen LogP contribution in [0, 0.1) is 0 Å². The molecular weight excluding hydrogens is 821 g/mol. The van der Waals surface area contributed by atoms with Crippen molar-refractivity contribution in [2.75, 3.05) is 4.90 Å². The van der Waals surface area contributed by atoms with Crippen molar-refractivity contribution in [1.82, 2.24) is 4.57 Å². The van der Waals surface area contributed by atoms with Crippen molar-refractivity contribution in [3.63, 3.8) is 0 Å². The molecule has 2 unspecified atom stereocenters. The second kappa shape index (κ2) is 15.6. The molecule has 324 valence electrons. The van der Waals surface area contributed by atoms with Crippen LogP contribution in [0.15, 0.2) is 236 Å². The Morgan fingerprint density at radius 1 is 0.456 bits per heavy atom. The fourth-order valence-electron chi connectivity index (χ4n) is 12.8. The SMILES string of the molecule is C1=CC2(c3cccc4c3ccc3ccccc34)C(=C1)C2N(c1ccccc1-c1ccc2c(c1)c1ccccc1n2-c1ccccc1)c1ccccc1-c1cccc2cccc(C3CCCCC3)c12. The number of rotatable bonds is 8. The van der Waals surface area contributed by atoms with Crippen LogP contribution in [-0.2, 0) is 5.41 Å². The summed E-state index contributed by atoms with van der Waals surface area (Å²) in [7, 11) is 0. The summed E-state index contributed by atoms with van der Waals surface area (Å²) in [4.78, 5) is 2.74. The van der Waals surface area contributed by atoms with Crippen molar-refractivity contribution in [3.8, 4) is 27.9 Å². The first kappa shape index (κ1) is 39.2. The summed E-state index contributed by atoms with van der Waals surface area (Å²) in [6, 6.07) is 79.9. The number of aromatic nitrogens is 1. The van der Waals surface area contributed by atoms with Gasteiger partial charge in [-0.1, -0.05) is 207 Å². The van der Waals surface area contributed by atoms with Crippen LogP contribution in [0.1, 0.15) is 49.1 Å². The van der Waals surface area contributed by atoms with Crippen LogP contribution >= 0.6 is 0 Å². The Kier molecular flexibility index (Phi) is 8.99. The van der Waals surface area contributed by atoms with Crippen LogP contribution in [-0.4, -0.2) is 10.6 Å². The summed E-state index contributed by atoms with van der Waals surface area (Å²) >= 11 is 0. The van der Waals surface area contributed by atoms with E-state index in [1.165, 1.54) is 142 Å². The summed E-state index contributed by atoms with van der Waals surface area (Å²) < 4.78 is 2.41. The molecule has 1 aromatic heterocycles. The first-order valence-electron chi connectivity index (χ1n) is 24.7. The highest BCUT2D eigenvalue weighted by Crippen LogP contribution is 2.65. The normalized spacial score (nSPS) is 17.9. The third-order valence-electron chi connectivity index (χ3n) is 15.8. The van der Waals surface area contributed by atoms with Gasteiger partial charge in [-0.15, -0.1) is 0 Å². The molecule has 68 heavy (non-hydrogen) atoms. The van der Waals surface area contributed by atoms with Gasteiger partial charge < -0.3 is 9.47 Å². The van der Waals surface area contributed by atoms with Crippen LogP contribution in [0.5, 0.6) is 0 Å². The molecule has 2 atom stereocenters. The molecule has 2 heteroatoms. The number of hydrogen-bond acceptors (Lipinski definition) is 1. The van der Waals surface area contributed by atoms with Crippen LogP contribution in [0.25, 0.3) is 82.1 Å². The second-order valence-corrected chi connectivity index (χ2v) is 19.4. The standard InChI is InChI=1S/C66H50N2/c1-3-19-44(20-4-1)51-30-15-22-46-23-16-32-56(64(46)51)54-28-10-14-37-62(54)68(65-59-34-18-42-66(59,65)58-33-17-31-52-49-26-8-7-21-45(49)38-40-53(52)58)60-35-12-9-27-50(60)47-39-41-63-57(43-47)55-29-11-13-36-61(55)67(63)48-24-5-2-6-25-48/h2,5-18,21-44,65H,1,3-4,19-20H2. The molecule has 0 bridgehead atoms. The van der Waals surface area contributed by atoms with Gasteiger partial charge in [0.15, 0.2) is 0 Å². The molecule has 3 aliphatic rings. The molecule has 0 N–H and O–H groups in total. The molecule has 0 radical (unpaired) electrons. The van der Waals surface area contributed by atoms with Gasteiger partial charge in [-0.25, -0.2) is 0 Å². The Hall–Kier alpha value is -7.94. The van der Waals surface area contributed by atoms with Crippen molar-refractivity contribution in [2.24, 2.45) is 0 Å². The largest absolute Gasteiger partial charge is 0.332 e. The number of hydrogen-bond donors (Lipinski definition) is 0. The van der Waals surface area contributed by atoms with Gasteiger partial charge in [-0.05, 0) is 121 Å². The van der Waals surface area contributed by atoms with Gasteiger partial charge in [-0.2, -0.15) is 0 Å². The Balaban J connectivity index is 1.01. The number of benzene rings is 10. The lowest BCUT2D eigenvalue weighted by atomic mass is 9.80. The number of nitrogens with zero attached hydrogens (tertiary/aromatic N) is 2. The van der Waals surface area contributed by atoms with E-state index >= 15 is 0 Å². The lowest BCUT2D eigenvalue weighted by Crippen LogP contribution is -2.28. The summed E-state index contributed by atoms with van der Waals surface area (Å²) in [6.07, 6.45) is 13.7. The van der Waals surface area contributed by atoms with Crippen molar-refractivity contribution in [3.05, 3.63) is 247 Å². The molecule has 0 spiro atoms. The van der Waals surface area contributed by atoms with Gasteiger partial charge in [0.1, 0.15) is 0 Å². The van der Waals surface area contributed by atoms with E-state index in [9.17, 15) is 0 Å². The van der Waals surface area contributed by atoms with Crippen molar-refractivity contribution in [2.45, 2.75) is 49.5 Å². The highest BCUT2D eigenvalue weighted by molar-refractivity contribution is 6.12. The van der Waals surface area contributed by atoms with E-state index in [-0.39, 0.29) is 11.5 Å². The van der Waals surface area contributed by atoms with Gasteiger partial charge in [0.05, 0.1) is 22.5 Å². The van der Waals surface area contributed by atoms with Crippen LogP contribution < -0.4 is 4.90 Å². The topological polar surface area (TPSA) is 8.17 Å². The predicted octanol–water partition coefficient (Wildman–Crippen LogP) is 17.6. The maximum absolute atomic E-state index is 2.74. The number of para-hydroxylation sites is 4. The Morgan fingerprint density at radius 3 is 1.99 bits per heavy atom. The number of anilines is 2. The number of fused-ring (bicyclic) bond motifs is 8. The van der Waals surface area contributed by atoms with E-state index in [0.29, 0.717) is 5.92 Å². The quantitative estimate of drug-likeness (QED) is 0.138. The summed E-state index contributed by atoms with van der Waals surface area (Å²) in [5.74, 6) is 0.573. The van der Waals surface area contributed by atoms with Crippen molar-refractivity contribution < 1.29 is 0 Å². The second-order valence-electron chi connectivity index (χ2n) is 19.4. The zero-order chi connectivity index (χ0) is 44.8. The van der Waals surface area contributed by atoms with Crippen molar-refractivity contribution in [1.29, 1.82) is 0 Å². The van der Waals surface area contributed by atoms with Crippen molar-refractivity contribution >= 4 is 65.5 Å². The van der Waals surface area contributed by atoms with Crippen LogP contribution in [0.3, 0.4) is 0 Å². The van der Waals surface area contributed by atoms with E-state index in [4.69, 9.17) is 0 Å². The lowest BCUT2D eigenvalue weighted by molar-refractivity contribution is 0.445. The smallest absolute Gasteiger partial charge is 0.0738 e. The maximum atomic E-state index is 2.74. The average molecular weight is 871 g/mol. The van der Waals surface area contributed by atoms with Gasteiger partial charge in [-0.3, -0.25) is 0 Å². The van der Waals surface area contributed by atoms with E-state index < -0.39 is 0 Å². The Morgan fingerprint density at radius 2 is 1.12 bits per heavy atom. The highest BCUT2D eigenvalue weighted by atomic mass is 15.2. The summed E-state index contributed by atoms with van der Waals surface area (Å²) in [5, 5.41) is 10.4. The van der Waals surface area contributed by atoms with Crippen LogP contribution in [0.2, 0.25) is 0 Å². The maximum Gasteiger partial charge on any atom is 0.0738 e. The van der Waals surface area contributed by atoms with E-state index in [0.717, 1.165) is 0 Å². The molecule has 3 aliphatic carbocycles. The van der Waals surface area contributed by atoms with Gasteiger partial charge in [0.25, 0.3) is 0 Å². The summed E-state index contributed by atoms with van der Waals surface area (Å²) in [5.41, 5.74) is 15.0. The molecule has 2 saturated carbocycles. The Labute approximate surface area is 397 Å².